The Morgan fingerprint density at radius 2 is 1.77 bits per heavy atom. The SMILES string of the molecule is Cc1c(NS(C)(=O)=O)cccc1C(=O)NCc1cccc(C(F)(F)F)c1. The van der Waals surface area contributed by atoms with E-state index in [1.54, 1.807) is 6.92 Å². The van der Waals surface area contributed by atoms with Crippen LogP contribution < -0.4 is 10.0 Å². The van der Waals surface area contributed by atoms with Gasteiger partial charge in [-0.1, -0.05) is 18.2 Å². The third kappa shape index (κ3) is 5.22. The predicted molar refractivity (Wildman–Crippen MR) is 92.3 cm³/mol. The minimum atomic E-state index is -4.46. The number of anilines is 1. The first-order valence-electron chi connectivity index (χ1n) is 7.49. The lowest BCUT2D eigenvalue weighted by atomic mass is 10.1. The molecule has 0 aliphatic heterocycles. The van der Waals surface area contributed by atoms with Crippen LogP contribution in [-0.4, -0.2) is 20.6 Å². The zero-order valence-corrected chi connectivity index (χ0v) is 14.8. The van der Waals surface area contributed by atoms with Crippen LogP contribution in [0.1, 0.15) is 27.0 Å². The topological polar surface area (TPSA) is 75.3 Å². The van der Waals surface area contributed by atoms with Gasteiger partial charge >= 0.3 is 6.18 Å². The van der Waals surface area contributed by atoms with Gasteiger partial charge in [0.2, 0.25) is 10.0 Å². The summed E-state index contributed by atoms with van der Waals surface area (Å²) in [6.45, 7) is 1.48. The van der Waals surface area contributed by atoms with Crippen LogP contribution in [0.15, 0.2) is 42.5 Å². The summed E-state index contributed by atoms with van der Waals surface area (Å²) >= 11 is 0. The third-order valence-corrected chi connectivity index (χ3v) is 4.17. The summed E-state index contributed by atoms with van der Waals surface area (Å²) in [4.78, 5) is 12.3. The Kier molecular flexibility index (Phi) is 5.60. The fourth-order valence-electron chi connectivity index (χ4n) is 2.33. The first kappa shape index (κ1) is 19.8. The first-order valence-corrected chi connectivity index (χ1v) is 9.38. The van der Waals surface area contributed by atoms with Crippen molar-refractivity contribution in [3.63, 3.8) is 0 Å². The molecule has 2 N–H and O–H groups in total. The highest BCUT2D eigenvalue weighted by molar-refractivity contribution is 7.92. The average Bonchev–Trinajstić information content (AvgIpc) is 2.53. The van der Waals surface area contributed by atoms with Crippen molar-refractivity contribution in [2.24, 2.45) is 0 Å². The van der Waals surface area contributed by atoms with Crippen LogP contribution in [0.2, 0.25) is 0 Å². The highest BCUT2D eigenvalue weighted by atomic mass is 32.2. The van der Waals surface area contributed by atoms with E-state index in [0.29, 0.717) is 11.1 Å². The maximum absolute atomic E-state index is 12.7. The quantitative estimate of drug-likeness (QED) is 0.828. The van der Waals surface area contributed by atoms with Crippen molar-refractivity contribution in [2.75, 3.05) is 11.0 Å². The monoisotopic (exact) mass is 386 g/mol. The highest BCUT2D eigenvalue weighted by Crippen LogP contribution is 2.29. The molecular formula is C17H17F3N2O3S. The number of carbonyl (C=O) groups is 1. The third-order valence-electron chi connectivity index (χ3n) is 3.58. The summed E-state index contributed by atoms with van der Waals surface area (Å²) in [5, 5.41) is 2.54. The second-order valence-corrected chi connectivity index (χ2v) is 7.48. The number of hydrogen-bond acceptors (Lipinski definition) is 3. The fraction of sp³-hybridized carbons (Fsp3) is 0.235. The van der Waals surface area contributed by atoms with E-state index in [0.717, 1.165) is 18.4 Å². The second kappa shape index (κ2) is 7.36. The number of amides is 1. The van der Waals surface area contributed by atoms with Crippen molar-refractivity contribution in [1.29, 1.82) is 0 Å². The number of benzene rings is 2. The van der Waals surface area contributed by atoms with Crippen LogP contribution in [0.4, 0.5) is 18.9 Å². The molecule has 0 unspecified atom stereocenters. The van der Waals surface area contributed by atoms with Crippen LogP contribution in [0.3, 0.4) is 0 Å². The van der Waals surface area contributed by atoms with Crippen molar-refractivity contribution in [2.45, 2.75) is 19.6 Å². The summed E-state index contributed by atoms with van der Waals surface area (Å²) in [5.74, 6) is -0.517. The lowest BCUT2D eigenvalue weighted by Crippen LogP contribution is -2.24. The van der Waals surface area contributed by atoms with Crippen molar-refractivity contribution in [3.8, 4) is 0 Å². The lowest BCUT2D eigenvalue weighted by molar-refractivity contribution is -0.137. The number of sulfonamides is 1. The van der Waals surface area contributed by atoms with Gasteiger partial charge in [-0.25, -0.2) is 8.42 Å². The summed E-state index contributed by atoms with van der Waals surface area (Å²) in [6, 6.07) is 9.20. The van der Waals surface area contributed by atoms with Crippen molar-refractivity contribution in [3.05, 3.63) is 64.7 Å². The van der Waals surface area contributed by atoms with E-state index in [9.17, 15) is 26.4 Å². The van der Waals surface area contributed by atoms with Gasteiger partial charge in [0, 0.05) is 12.1 Å². The maximum atomic E-state index is 12.7. The zero-order valence-electron chi connectivity index (χ0n) is 14.0. The predicted octanol–water partition coefficient (Wildman–Crippen LogP) is 3.32. The van der Waals surface area contributed by atoms with Crippen LogP contribution in [0.5, 0.6) is 0 Å². The van der Waals surface area contributed by atoms with Gasteiger partial charge in [0.25, 0.3) is 5.91 Å². The Morgan fingerprint density at radius 1 is 1.12 bits per heavy atom. The van der Waals surface area contributed by atoms with E-state index in [4.69, 9.17) is 0 Å². The van der Waals surface area contributed by atoms with E-state index < -0.39 is 27.7 Å². The lowest BCUT2D eigenvalue weighted by Gasteiger charge is -2.13. The normalized spacial score (nSPS) is 11.9. The van der Waals surface area contributed by atoms with Crippen molar-refractivity contribution >= 4 is 21.6 Å². The fourth-order valence-corrected chi connectivity index (χ4v) is 2.95. The number of hydrogen-bond donors (Lipinski definition) is 2. The standard InChI is InChI=1S/C17H17F3N2O3S/c1-11-14(7-4-8-15(11)22-26(2,24)25)16(23)21-10-12-5-3-6-13(9-12)17(18,19)20/h3-9,22H,10H2,1-2H3,(H,21,23). The molecule has 9 heteroatoms. The molecule has 2 rings (SSSR count). The number of alkyl halides is 3. The maximum Gasteiger partial charge on any atom is 0.416 e. The molecule has 0 spiro atoms. The van der Waals surface area contributed by atoms with E-state index >= 15 is 0 Å². The van der Waals surface area contributed by atoms with Crippen molar-refractivity contribution < 1.29 is 26.4 Å². The van der Waals surface area contributed by atoms with E-state index in [2.05, 4.69) is 10.0 Å². The minimum Gasteiger partial charge on any atom is -0.348 e. The Labute approximate surface area is 149 Å². The largest absolute Gasteiger partial charge is 0.416 e. The highest BCUT2D eigenvalue weighted by Gasteiger charge is 2.30. The van der Waals surface area contributed by atoms with E-state index in [1.807, 2.05) is 0 Å². The number of nitrogens with one attached hydrogen (secondary N) is 2. The van der Waals surface area contributed by atoms with Crippen LogP contribution in [-0.2, 0) is 22.7 Å². The van der Waals surface area contributed by atoms with Gasteiger partial charge in [-0.2, -0.15) is 13.2 Å². The summed E-state index contributed by atoms with van der Waals surface area (Å²) in [5.41, 5.74) is 0.417. The Bertz CT molecular complexity index is 925. The molecule has 0 heterocycles. The van der Waals surface area contributed by atoms with Crippen LogP contribution in [0.25, 0.3) is 0 Å². The summed E-state index contributed by atoms with van der Waals surface area (Å²) in [6.07, 6.45) is -3.46. The van der Waals surface area contributed by atoms with Gasteiger partial charge in [0.15, 0.2) is 0 Å². The molecule has 0 aliphatic carbocycles. The first-order chi connectivity index (χ1) is 12.0. The van der Waals surface area contributed by atoms with Gasteiger partial charge in [0.1, 0.15) is 0 Å². The molecule has 0 atom stereocenters. The summed E-state index contributed by atoms with van der Waals surface area (Å²) < 4.78 is 63.2. The van der Waals surface area contributed by atoms with Gasteiger partial charge < -0.3 is 5.32 Å². The minimum absolute atomic E-state index is 0.0913. The van der Waals surface area contributed by atoms with Crippen LogP contribution in [0, 0.1) is 6.92 Å². The van der Waals surface area contributed by atoms with Gasteiger partial charge in [0.05, 0.1) is 17.5 Å². The average molecular weight is 386 g/mol. The molecule has 0 aliphatic rings. The molecule has 1 amide bonds. The number of rotatable bonds is 5. The number of carbonyl (C=O) groups excluding carboxylic acids is 1. The summed E-state index contributed by atoms with van der Waals surface area (Å²) in [7, 11) is -3.50. The van der Waals surface area contributed by atoms with Gasteiger partial charge in [-0.05, 0) is 42.3 Å². The molecule has 2 aromatic rings. The van der Waals surface area contributed by atoms with Gasteiger partial charge in [-0.3, -0.25) is 9.52 Å². The smallest absolute Gasteiger partial charge is 0.348 e. The molecule has 0 fully saturated rings. The molecule has 0 bridgehead atoms. The van der Waals surface area contributed by atoms with Gasteiger partial charge in [-0.15, -0.1) is 0 Å². The zero-order chi connectivity index (χ0) is 19.5. The molecule has 26 heavy (non-hydrogen) atoms. The molecule has 2 aromatic carbocycles. The Morgan fingerprint density at radius 3 is 2.38 bits per heavy atom. The molecule has 0 saturated carbocycles. The van der Waals surface area contributed by atoms with E-state index in [-0.39, 0.29) is 17.8 Å². The van der Waals surface area contributed by atoms with Crippen LogP contribution >= 0.6 is 0 Å². The molecular weight excluding hydrogens is 369 g/mol. The Balaban J connectivity index is 2.15. The molecule has 5 nitrogen and oxygen atoms in total. The molecule has 140 valence electrons. The molecule has 0 aromatic heterocycles. The molecule has 0 radical (unpaired) electrons. The van der Waals surface area contributed by atoms with E-state index in [1.165, 1.54) is 30.3 Å². The van der Waals surface area contributed by atoms with Crippen molar-refractivity contribution in [1.82, 2.24) is 5.32 Å². The Hall–Kier alpha value is -2.55. The molecule has 0 saturated heterocycles. The second-order valence-electron chi connectivity index (χ2n) is 5.73. The number of halogens is 3.